The average Bonchev–Trinajstić information content (AvgIpc) is 2.94. The lowest BCUT2D eigenvalue weighted by molar-refractivity contribution is -0.127. The summed E-state index contributed by atoms with van der Waals surface area (Å²) in [6, 6.07) is 13.0. The molecule has 0 atom stereocenters. The van der Waals surface area contributed by atoms with Gasteiger partial charge in [-0.2, -0.15) is 0 Å². The molecule has 0 radical (unpaired) electrons. The van der Waals surface area contributed by atoms with Crippen molar-refractivity contribution in [2.45, 2.75) is 11.7 Å². The minimum Gasteiger partial charge on any atom is -0.341 e. The maximum Gasteiger partial charge on any atom is 0.233 e. The number of thioether (sulfide) groups is 1. The van der Waals surface area contributed by atoms with Crippen molar-refractivity contribution in [1.82, 2.24) is 14.9 Å². The van der Waals surface area contributed by atoms with Gasteiger partial charge in [0.05, 0.1) is 16.8 Å². The first-order valence-corrected chi connectivity index (χ1v) is 9.02. The molecule has 4 nitrogen and oxygen atoms in total. The second-order valence-electron chi connectivity index (χ2n) is 5.37. The summed E-state index contributed by atoms with van der Waals surface area (Å²) in [5.41, 5.74) is 2.70. The number of carbonyl (C=O) groups is 1. The molecule has 0 fully saturated rings. The van der Waals surface area contributed by atoms with Gasteiger partial charge in [-0.15, -0.1) is 0 Å². The monoisotopic (exact) mass is 379 g/mol. The number of amides is 1. The zero-order valence-electron chi connectivity index (χ0n) is 12.9. The first kappa shape index (κ1) is 17.1. The third-order valence-electron chi connectivity index (χ3n) is 3.49. The summed E-state index contributed by atoms with van der Waals surface area (Å²) in [6.45, 7) is 0.524. The first-order valence-electron chi connectivity index (χ1n) is 7.28. The van der Waals surface area contributed by atoms with Gasteiger partial charge in [0.15, 0.2) is 5.16 Å². The van der Waals surface area contributed by atoms with Crippen LogP contribution in [0.1, 0.15) is 5.56 Å². The van der Waals surface area contributed by atoms with Crippen LogP contribution in [-0.2, 0) is 11.3 Å². The van der Waals surface area contributed by atoms with Gasteiger partial charge in [0.2, 0.25) is 5.91 Å². The molecule has 7 heteroatoms. The second-order valence-corrected chi connectivity index (χ2v) is 7.21. The molecule has 0 unspecified atom stereocenters. The molecule has 0 aliphatic heterocycles. The number of fused-ring (bicyclic) bond motifs is 1. The molecule has 1 N–H and O–H groups in total. The molecular weight excluding hydrogens is 365 g/mol. The molecule has 2 aromatic carbocycles. The van der Waals surface area contributed by atoms with Crippen LogP contribution in [0, 0.1) is 0 Å². The highest BCUT2D eigenvalue weighted by Gasteiger charge is 2.12. The zero-order valence-corrected chi connectivity index (χ0v) is 15.3. The van der Waals surface area contributed by atoms with E-state index in [9.17, 15) is 4.79 Å². The predicted molar refractivity (Wildman–Crippen MR) is 99.8 cm³/mol. The van der Waals surface area contributed by atoms with Crippen LogP contribution in [0.2, 0.25) is 10.0 Å². The molecule has 0 saturated carbocycles. The molecule has 1 amide bonds. The maximum atomic E-state index is 12.3. The van der Waals surface area contributed by atoms with E-state index >= 15 is 0 Å². The Bertz CT molecular complexity index is 881. The Morgan fingerprint density at radius 1 is 1.21 bits per heavy atom. The number of halogens is 2. The Morgan fingerprint density at radius 3 is 2.79 bits per heavy atom. The molecule has 24 heavy (non-hydrogen) atoms. The fraction of sp³-hybridized carbons (Fsp3) is 0.176. The third kappa shape index (κ3) is 4.23. The number of aromatic amines is 1. The molecule has 0 saturated heterocycles. The van der Waals surface area contributed by atoms with Gasteiger partial charge in [0.1, 0.15) is 0 Å². The fourth-order valence-corrected chi connectivity index (χ4v) is 3.48. The van der Waals surface area contributed by atoms with Crippen LogP contribution in [0.5, 0.6) is 0 Å². The van der Waals surface area contributed by atoms with Crippen molar-refractivity contribution in [1.29, 1.82) is 0 Å². The summed E-state index contributed by atoms with van der Waals surface area (Å²) >= 11 is 13.3. The maximum absolute atomic E-state index is 12.3. The Hall–Kier alpha value is -1.69. The molecule has 0 aliphatic carbocycles. The highest BCUT2D eigenvalue weighted by Crippen LogP contribution is 2.22. The van der Waals surface area contributed by atoms with Crippen LogP contribution in [0.15, 0.2) is 47.6 Å². The van der Waals surface area contributed by atoms with Gasteiger partial charge in [-0.1, -0.05) is 47.1 Å². The van der Waals surface area contributed by atoms with Crippen molar-refractivity contribution in [3.05, 3.63) is 58.1 Å². The number of hydrogen-bond acceptors (Lipinski definition) is 3. The smallest absolute Gasteiger partial charge is 0.233 e. The van der Waals surface area contributed by atoms with Crippen molar-refractivity contribution in [3.8, 4) is 0 Å². The minimum absolute atomic E-state index is 0.0264. The number of imidazole rings is 1. The van der Waals surface area contributed by atoms with Crippen molar-refractivity contribution in [2.75, 3.05) is 12.8 Å². The number of aromatic nitrogens is 2. The quantitative estimate of drug-likeness (QED) is 0.657. The summed E-state index contributed by atoms with van der Waals surface area (Å²) < 4.78 is 0. The van der Waals surface area contributed by atoms with E-state index < -0.39 is 0 Å². The third-order valence-corrected chi connectivity index (χ3v) is 4.82. The lowest BCUT2D eigenvalue weighted by atomic mass is 10.2. The number of benzene rings is 2. The zero-order chi connectivity index (χ0) is 17.1. The van der Waals surface area contributed by atoms with Gasteiger partial charge in [-0.25, -0.2) is 4.98 Å². The van der Waals surface area contributed by atoms with Crippen LogP contribution in [0.25, 0.3) is 11.0 Å². The Morgan fingerprint density at radius 2 is 2.00 bits per heavy atom. The van der Waals surface area contributed by atoms with Gasteiger partial charge in [0, 0.05) is 23.6 Å². The number of nitrogens with zero attached hydrogens (tertiary/aromatic N) is 2. The van der Waals surface area contributed by atoms with Gasteiger partial charge in [0.25, 0.3) is 0 Å². The number of H-pyrrole nitrogens is 1. The second kappa shape index (κ2) is 7.47. The van der Waals surface area contributed by atoms with Crippen LogP contribution >= 0.6 is 35.0 Å². The van der Waals surface area contributed by atoms with E-state index in [1.807, 2.05) is 36.4 Å². The minimum atomic E-state index is 0.0264. The van der Waals surface area contributed by atoms with E-state index in [1.165, 1.54) is 11.8 Å². The van der Waals surface area contributed by atoms with E-state index in [1.54, 1.807) is 18.0 Å². The van der Waals surface area contributed by atoms with E-state index in [2.05, 4.69) is 9.97 Å². The molecule has 1 aromatic heterocycles. The first-order chi connectivity index (χ1) is 11.5. The molecule has 124 valence electrons. The number of rotatable bonds is 5. The van der Waals surface area contributed by atoms with Crippen molar-refractivity contribution in [2.24, 2.45) is 0 Å². The van der Waals surface area contributed by atoms with E-state index in [4.69, 9.17) is 23.2 Å². The van der Waals surface area contributed by atoms with Crippen molar-refractivity contribution < 1.29 is 4.79 Å². The summed E-state index contributed by atoms with van der Waals surface area (Å²) in [7, 11) is 1.78. The van der Waals surface area contributed by atoms with Crippen molar-refractivity contribution in [3.63, 3.8) is 0 Å². The van der Waals surface area contributed by atoms with Crippen LogP contribution in [0.3, 0.4) is 0 Å². The molecule has 0 spiro atoms. The highest BCUT2D eigenvalue weighted by atomic mass is 35.5. The number of hydrogen-bond donors (Lipinski definition) is 1. The molecule has 0 aliphatic rings. The van der Waals surface area contributed by atoms with Gasteiger partial charge < -0.3 is 9.88 Å². The normalized spacial score (nSPS) is 11.0. The lowest BCUT2D eigenvalue weighted by Gasteiger charge is -2.16. The summed E-state index contributed by atoms with van der Waals surface area (Å²) in [4.78, 5) is 21.6. The van der Waals surface area contributed by atoms with Crippen LogP contribution < -0.4 is 0 Å². The molecule has 0 bridgehead atoms. The van der Waals surface area contributed by atoms with Gasteiger partial charge in [-0.3, -0.25) is 4.79 Å². The van der Waals surface area contributed by atoms with Crippen LogP contribution in [-0.4, -0.2) is 33.6 Å². The summed E-state index contributed by atoms with van der Waals surface area (Å²) in [6.07, 6.45) is 0. The van der Waals surface area contributed by atoms with E-state index in [-0.39, 0.29) is 5.91 Å². The predicted octanol–water partition coefficient (Wildman–Crippen LogP) is 4.62. The molecular formula is C17H15Cl2N3OS. The van der Waals surface area contributed by atoms with E-state index in [0.717, 1.165) is 16.6 Å². The lowest BCUT2D eigenvalue weighted by Crippen LogP contribution is -2.27. The Kier molecular flexibility index (Phi) is 5.33. The SMILES string of the molecule is CN(Cc1cccc(Cl)c1)C(=O)CSc1nc2ccc(Cl)cc2[nH]1. The van der Waals surface area contributed by atoms with Crippen molar-refractivity contribution >= 4 is 51.9 Å². The van der Waals surface area contributed by atoms with Crippen LogP contribution in [0.4, 0.5) is 0 Å². The largest absolute Gasteiger partial charge is 0.341 e. The number of nitrogens with one attached hydrogen (secondary N) is 1. The highest BCUT2D eigenvalue weighted by molar-refractivity contribution is 7.99. The summed E-state index contributed by atoms with van der Waals surface area (Å²) in [5.74, 6) is 0.336. The van der Waals surface area contributed by atoms with Gasteiger partial charge >= 0.3 is 0 Å². The van der Waals surface area contributed by atoms with E-state index in [0.29, 0.717) is 27.5 Å². The number of carbonyl (C=O) groups excluding carboxylic acids is 1. The average molecular weight is 380 g/mol. The fourth-order valence-electron chi connectivity index (χ4n) is 2.26. The molecule has 3 aromatic rings. The Balaban J connectivity index is 1.59. The standard InChI is InChI=1S/C17H15Cl2N3OS/c1-22(9-11-3-2-4-12(18)7-11)16(23)10-24-17-20-14-6-5-13(19)8-15(14)21-17/h2-8H,9-10H2,1H3,(H,20,21). The summed E-state index contributed by atoms with van der Waals surface area (Å²) in [5, 5.41) is 2.03. The topological polar surface area (TPSA) is 49.0 Å². The molecule has 1 heterocycles. The Labute approximate surface area is 154 Å². The van der Waals surface area contributed by atoms with Gasteiger partial charge in [-0.05, 0) is 35.9 Å². The molecule has 3 rings (SSSR count).